The quantitative estimate of drug-likeness (QED) is 0.0192. The number of unbranched alkanes of at least 4 members (excludes halogenated alkanes) is 2. The van der Waals surface area contributed by atoms with Gasteiger partial charge in [-0.2, -0.15) is 8.42 Å². The molecule has 1 aliphatic heterocycles. The van der Waals surface area contributed by atoms with E-state index in [1.807, 2.05) is 12.1 Å². The monoisotopic (exact) mass is 936 g/mol. The number of fused-ring (bicyclic) bond motifs is 3. The van der Waals surface area contributed by atoms with E-state index in [9.17, 15) is 17.8 Å². The number of aromatic nitrogens is 1. The Labute approximate surface area is 392 Å². The number of rotatable bonds is 25. The van der Waals surface area contributed by atoms with Gasteiger partial charge in [0.05, 0.1) is 51.4 Å². The molecule has 2 N–H and O–H groups in total. The Morgan fingerprint density at radius 3 is 2.39 bits per heavy atom. The highest BCUT2D eigenvalue weighted by molar-refractivity contribution is 7.85. The minimum absolute atomic E-state index is 0.0256. The number of amides is 1. The molecule has 7 rings (SSSR count). The van der Waals surface area contributed by atoms with Gasteiger partial charge in [-0.3, -0.25) is 9.35 Å². The number of benzene rings is 4. The second kappa shape index (κ2) is 23.0. The third-order valence-electron chi connectivity index (χ3n) is 12.6. The lowest BCUT2D eigenvalue weighted by atomic mass is 9.78. The van der Waals surface area contributed by atoms with Gasteiger partial charge in [-0.25, -0.2) is 0 Å². The molecule has 13 nitrogen and oxygen atoms in total. The van der Waals surface area contributed by atoms with Crippen LogP contribution in [0.4, 0.5) is 5.69 Å². The molecule has 66 heavy (non-hydrogen) atoms. The summed E-state index contributed by atoms with van der Waals surface area (Å²) in [5.74, 6) is -0.277. The summed E-state index contributed by atoms with van der Waals surface area (Å²) in [4.78, 5) is 17.8. The maximum atomic E-state index is 12.6. The molecule has 4 aromatic carbocycles. The van der Waals surface area contributed by atoms with Gasteiger partial charge in [0.2, 0.25) is 5.91 Å². The summed E-state index contributed by atoms with van der Waals surface area (Å²) in [6, 6.07) is 25.6. The lowest BCUT2D eigenvalue weighted by Crippen LogP contribution is -2.40. The molecule has 1 amide bonds. The fourth-order valence-electron chi connectivity index (χ4n) is 9.51. The van der Waals surface area contributed by atoms with Crippen LogP contribution in [0.15, 0.2) is 112 Å². The van der Waals surface area contributed by atoms with Gasteiger partial charge in [-0.15, -0.1) is 0 Å². The van der Waals surface area contributed by atoms with Gasteiger partial charge in [-0.1, -0.05) is 116 Å². The molecule has 350 valence electrons. The van der Waals surface area contributed by atoms with Crippen LogP contribution in [-0.4, -0.2) is 94.5 Å². The number of anilines is 1. The zero-order valence-corrected chi connectivity index (χ0v) is 39.5. The molecular weight excluding hydrogens is 876 g/mol. The standard InChI is InChI=1S/C51H61ClN6O7S/c1-51(2)46(25-22-40-19-18-39(50(40)52)21-23-43-42-15-8-12-38-13-9-16-44(48(38)42)57(43)29-10-36-66(60,61)62)58(45-24-20-37-11-5-6-14-41(37)49(45)51)28-7-3-4-17-47(59)54-26-30-63-32-34-65-35-33-64-31-27-55-56-53/h5-6,8-9,11-16,20-25,46H,3-4,7,10,17-19,26-36H2,1-2H3,(H,54,59)(H,60,61,62)/b25-22+,39-21+,43-23+. The Balaban J connectivity index is 0.983. The highest BCUT2D eigenvalue weighted by atomic mass is 35.5. The lowest BCUT2D eigenvalue weighted by molar-refractivity contribution is -0.121. The first-order chi connectivity index (χ1) is 32.0. The number of carbonyl (C=O) groups excluding carboxylic acids is 1. The molecule has 0 saturated carbocycles. The van der Waals surface area contributed by atoms with Gasteiger partial charge in [-0.05, 0) is 88.7 Å². The fourth-order valence-corrected chi connectivity index (χ4v) is 10.3. The Hall–Kier alpha value is -5.18. The van der Waals surface area contributed by atoms with E-state index in [0.29, 0.717) is 65.7 Å². The van der Waals surface area contributed by atoms with E-state index >= 15 is 0 Å². The number of halogens is 1. The average Bonchev–Trinajstić information content (AvgIpc) is 3.88. The molecule has 0 radical (unpaired) electrons. The van der Waals surface area contributed by atoms with Gasteiger partial charge in [0.1, 0.15) is 0 Å². The summed E-state index contributed by atoms with van der Waals surface area (Å²) in [6.07, 6.45) is 13.8. The van der Waals surface area contributed by atoms with Crippen molar-refractivity contribution in [3.63, 3.8) is 0 Å². The van der Waals surface area contributed by atoms with Crippen molar-refractivity contribution in [2.45, 2.75) is 76.8 Å². The zero-order valence-electron chi connectivity index (χ0n) is 38.0. The van der Waals surface area contributed by atoms with E-state index in [2.05, 4.69) is 124 Å². The molecule has 0 saturated heterocycles. The SMILES string of the molecule is CC1(C)c2c(ccc3ccccc23)N(CCCCCC(=O)NCCOCCOCCOCCN=[N+]=[N-])C1/C=C/C1=C(Cl)C(=C/C=c2\c3cccc4cccc(c43)n2CCCS(=O)(=O)O)/CC1. The number of ether oxygens (including phenoxy) is 3. The summed E-state index contributed by atoms with van der Waals surface area (Å²) < 4.78 is 51.1. The molecule has 0 bridgehead atoms. The molecule has 2 heterocycles. The van der Waals surface area contributed by atoms with Crippen molar-refractivity contribution in [1.82, 2.24) is 9.88 Å². The first kappa shape index (κ1) is 48.7. The van der Waals surface area contributed by atoms with Crippen molar-refractivity contribution < 1.29 is 32.0 Å². The Morgan fingerprint density at radius 2 is 1.61 bits per heavy atom. The van der Waals surface area contributed by atoms with Crippen molar-refractivity contribution >= 4 is 71.8 Å². The summed E-state index contributed by atoms with van der Waals surface area (Å²) in [6.45, 7) is 9.23. The van der Waals surface area contributed by atoms with Crippen LogP contribution in [0, 0.1) is 0 Å². The lowest BCUT2D eigenvalue weighted by Gasteiger charge is -2.32. The molecule has 15 heteroatoms. The predicted molar refractivity (Wildman–Crippen MR) is 266 cm³/mol. The number of nitrogens with zero attached hydrogens (tertiary/aromatic N) is 5. The minimum atomic E-state index is -4.08. The molecule has 0 spiro atoms. The number of aryl methyl sites for hydroxylation is 1. The van der Waals surface area contributed by atoms with Crippen LogP contribution in [0.3, 0.4) is 0 Å². The minimum Gasteiger partial charge on any atom is -0.379 e. The second-order valence-electron chi connectivity index (χ2n) is 17.4. The molecule has 5 aromatic rings. The molecule has 1 aliphatic carbocycles. The highest BCUT2D eigenvalue weighted by Gasteiger charge is 2.44. The second-order valence-corrected chi connectivity index (χ2v) is 19.4. The van der Waals surface area contributed by atoms with Crippen molar-refractivity contribution in [2.24, 2.45) is 5.11 Å². The van der Waals surface area contributed by atoms with Crippen LogP contribution in [0.1, 0.15) is 64.4 Å². The number of nitrogens with one attached hydrogen (secondary N) is 1. The molecular formula is C51H61ClN6O7S. The van der Waals surface area contributed by atoms with Crippen molar-refractivity contribution in [2.75, 3.05) is 69.9 Å². The smallest absolute Gasteiger partial charge is 0.264 e. The molecule has 1 unspecified atom stereocenters. The van der Waals surface area contributed by atoms with Crippen LogP contribution < -0.4 is 15.6 Å². The van der Waals surface area contributed by atoms with Gasteiger partial charge in [0.25, 0.3) is 10.1 Å². The number of carbonyl (C=O) groups is 1. The summed E-state index contributed by atoms with van der Waals surface area (Å²) in [5, 5.41) is 14.0. The summed E-state index contributed by atoms with van der Waals surface area (Å²) in [5.41, 5.74) is 13.9. The first-order valence-corrected chi connectivity index (χ1v) is 25.0. The summed E-state index contributed by atoms with van der Waals surface area (Å²) >= 11 is 7.22. The third-order valence-corrected chi connectivity index (χ3v) is 13.9. The van der Waals surface area contributed by atoms with Gasteiger partial charge in [0.15, 0.2) is 0 Å². The van der Waals surface area contributed by atoms with E-state index in [1.54, 1.807) is 0 Å². The van der Waals surface area contributed by atoms with Gasteiger partial charge < -0.3 is 29.0 Å². The third kappa shape index (κ3) is 12.0. The Kier molecular flexibility index (Phi) is 17.0. The van der Waals surface area contributed by atoms with E-state index in [-0.39, 0.29) is 29.5 Å². The number of hydrogen-bond donors (Lipinski definition) is 2. The van der Waals surface area contributed by atoms with Crippen LogP contribution in [-0.2, 0) is 41.1 Å². The van der Waals surface area contributed by atoms with Crippen molar-refractivity contribution in [1.29, 1.82) is 0 Å². The number of azide groups is 1. The first-order valence-electron chi connectivity index (χ1n) is 23.0. The fraction of sp³-hybridized carbons (Fsp3) is 0.431. The predicted octanol–water partition coefficient (Wildman–Crippen LogP) is 9.70. The topological polar surface area (TPSA) is 168 Å². The Bertz CT molecular complexity index is 2810. The molecule has 2 aliphatic rings. The number of allylic oxidation sites excluding steroid dienone is 5. The Morgan fingerprint density at radius 1 is 0.879 bits per heavy atom. The van der Waals surface area contributed by atoms with Crippen LogP contribution >= 0.6 is 11.6 Å². The van der Waals surface area contributed by atoms with E-state index < -0.39 is 10.1 Å². The van der Waals surface area contributed by atoms with Gasteiger partial charge >= 0.3 is 0 Å². The maximum absolute atomic E-state index is 12.6. The van der Waals surface area contributed by atoms with E-state index in [0.717, 1.165) is 81.9 Å². The largest absolute Gasteiger partial charge is 0.379 e. The van der Waals surface area contributed by atoms with Crippen LogP contribution in [0.2, 0.25) is 0 Å². The van der Waals surface area contributed by atoms with Gasteiger partial charge in [0, 0.05) is 75.3 Å². The summed E-state index contributed by atoms with van der Waals surface area (Å²) in [7, 11) is -4.08. The molecule has 1 atom stereocenters. The van der Waals surface area contributed by atoms with Crippen molar-refractivity contribution in [3.8, 4) is 0 Å². The molecule has 0 fully saturated rings. The van der Waals surface area contributed by atoms with E-state index in [1.165, 1.54) is 22.0 Å². The van der Waals surface area contributed by atoms with Crippen LogP contribution in [0.25, 0.3) is 49.0 Å². The average molecular weight is 938 g/mol. The highest BCUT2D eigenvalue weighted by Crippen LogP contribution is 2.49. The maximum Gasteiger partial charge on any atom is 0.264 e. The zero-order chi connectivity index (χ0) is 46.5. The number of hydrogen-bond acceptors (Lipinski definition) is 8. The van der Waals surface area contributed by atoms with Crippen LogP contribution in [0.5, 0.6) is 0 Å². The van der Waals surface area contributed by atoms with Crippen molar-refractivity contribution in [3.05, 3.63) is 129 Å². The normalized spacial score (nSPS) is 17.0. The molecule has 1 aromatic heterocycles. The van der Waals surface area contributed by atoms with E-state index in [4.69, 9.17) is 31.3 Å².